The fourth-order valence-electron chi connectivity index (χ4n) is 3.68. The summed E-state index contributed by atoms with van der Waals surface area (Å²) in [6.45, 7) is 1.74. The van der Waals surface area contributed by atoms with Crippen LogP contribution in [-0.2, 0) is 12.6 Å². The zero-order valence-electron chi connectivity index (χ0n) is 17.9. The van der Waals surface area contributed by atoms with Crippen molar-refractivity contribution < 1.29 is 27.5 Å². The molecule has 33 heavy (non-hydrogen) atoms. The van der Waals surface area contributed by atoms with Gasteiger partial charge in [0.15, 0.2) is 0 Å². The van der Waals surface area contributed by atoms with Crippen LogP contribution in [0.25, 0.3) is 0 Å². The summed E-state index contributed by atoms with van der Waals surface area (Å²) < 4.78 is 43.5. The van der Waals surface area contributed by atoms with Crippen LogP contribution in [0.4, 0.5) is 18.0 Å². The summed E-state index contributed by atoms with van der Waals surface area (Å²) in [5.74, 6) is 0.781. The Labute approximate surface area is 189 Å². The van der Waals surface area contributed by atoms with E-state index in [-0.39, 0.29) is 0 Å². The maximum Gasteiger partial charge on any atom is 0.416 e. The lowest BCUT2D eigenvalue weighted by molar-refractivity contribution is -0.137. The molecule has 0 unspecified atom stereocenters. The molecule has 0 aliphatic carbocycles. The molecule has 1 saturated heterocycles. The van der Waals surface area contributed by atoms with Gasteiger partial charge in [-0.1, -0.05) is 24.3 Å². The largest absolute Gasteiger partial charge is 0.416 e. The van der Waals surface area contributed by atoms with Gasteiger partial charge in [0.25, 0.3) is 0 Å². The van der Waals surface area contributed by atoms with Crippen molar-refractivity contribution in [3.8, 4) is 5.75 Å². The molecule has 1 aliphatic rings. The number of benzene rings is 2. The number of piperidine rings is 1. The van der Waals surface area contributed by atoms with Crippen molar-refractivity contribution in [2.75, 3.05) is 19.7 Å². The fraction of sp³-hybridized carbons (Fsp3) is 0.333. The molecule has 0 bridgehead atoms. The topological polar surface area (TPSA) is 56.6 Å². The Hall–Kier alpha value is -3.49. The van der Waals surface area contributed by atoms with Crippen molar-refractivity contribution in [2.24, 2.45) is 5.92 Å². The van der Waals surface area contributed by atoms with Gasteiger partial charge in [-0.3, -0.25) is 0 Å². The molecule has 0 saturated carbocycles. The van der Waals surface area contributed by atoms with Crippen molar-refractivity contribution in [1.29, 1.82) is 0 Å². The molecule has 0 N–H and O–H groups in total. The summed E-state index contributed by atoms with van der Waals surface area (Å²) in [5.41, 5.74) is 1.02. The molecule has 2 aromatic carbocycles. The Kier molecular flexibility index (Phi) is 6.86. The van der Waals surface area contributed by atoms with Gasteiger partial charge in [-0.15, -0.1) is 9.94 Å². The molecule has 6 nitrogen and oxygen atoms in total. The molecule has 2 heterocycles. The zero-order valence-corrected chi connectivity index (χ0v) is 17.9. The maximum atomic E-state index is 12.7. The standard InChI is InChI=1S/C24H24F3N3O3/c25-24(26,27)21-6-2-18(3-7-21)16-19-4-8-22(9-5-19)33-23(31)29-14-10-20(11-15-29)17-32-30-13-1-12-28-30/h1-9,12-13,20H,10-11,14-17H2. The van der Waals surface area contributed by atoms with E-state index in [0.29, 0.717) is 37.8 Å². The number of likely N-dealkylation sites (tertiary alicyclic amines) is 1. The molecule has 1 amide bonds. The summed E-state index contributed by atoms with van der Waals surface area (Å²) in [6.07, 6.45) is 0.789. The highest BCUT2D eigenvalue weighted by atomic mass is 19.4. The van der Waals surface area contributed by atoms with Gasteiger partial charge in [0.05, 0.1) is 18.0 Å². The molecular weight excluding hydrogens is 435 g/mol. The van der Waals surface area contributed by atoms with Gasteiger partial charge in [-0.2, -0.15) is 13.2 Å². The second-order valence-electron chi connectivity index (χ2n) is 8.02. The number of alkyl halides is 3. The minimum Gasteiger partial charge on any atom is -0.410 e. The van der Waals surface area contributed by atoms with Crippen LogP contribution in [0.2, 0.25) is 0 Å². The molecule has 1 aliphatic heterocycles. The molecular formula is C24H24F3N3O3. The molecule has 174 valence electrons. The first kappa shape index (κ1) is 22.7. The normalized spacial score (nSPS) is 14.8. The van der Waals surface area contributed by atoms with E-state index in [1.54, 1.807) is 47.6 Å². The first-order valence-corrected chi connectivity index (χ1v) is 10.7. The van der Waals surface area contributed by atoms with Gasteiger partial charge >= 0.3 is 12.3 Å². The van der Waals surface area contributed by atoms with Crippen LogP contribution in [0.5, 0.6) is 5.75 Å². The van der Waals surface area contributed by atoms with Crippen molar-refractivity contribution in [3.63, 3.8) is 0 Å². The minimum atomic E-state index is -4.34. The summed E-state index contributed by atoms with van der Waals surface area (Å²) >= 11 is 0. The highest BCUT2D eigenvalue weighted by molar-refractivity contribution is 5.70. The molecule has 0 spiro atoms. The average molecular weight is 459 g/mol. The van der Waals surface area contributed by atoms with Crippen molar-refractivity contribution in [2.45, 2.75) is 25.4 Å². The summed E-state index contributed by atoms with van der Waals surface area (Å²) in [7, 11) is 0. The van der Waals surface area contributed by atoms with Crippen molar-refractivity contribution in [3.05, 3.63) is 83.7 Å². The summed E-state index contributed by atoms with van der Waals surface area (Å²) in [6, 6.07) is 13.9. The lowest BCUT2D eigenvalue weighted by Gasteiger charge is -2.30. The number of carbonyl (C=O) groups is 1. The number of nitrogens with zero attached hydrogens (tertiary/aromatic N) is 3. The Balaban J connectivity index is 1.23. The fourth-order valence-corrected chi connectivity index (χ4v) is 3.68. The third-order valence-electron chi connectivity index (χ3n) is 5.61. The van der Waals surface area contributed by atoms with Gasteiger partial charge in [0.1, 0.15) is 12.4 Å². The monoisotopic (exact) mass is 459 g/mol. The smallest absolute Gasteiger partial charge is 0.410 e. The van der Waals surface area contributed by atoms with Crippen LogP contribution in [0.15, 0.2) is 67.0 Å². The van der Waals surface area contributed by atoms with Gasteiger partial charge in [0.2, 0.25) is 0 Å². The average Bonchev–Trinajstić information content (AvgIpc) is 3.33. The van der Waals surface area contributed by atoms with E-state index < -0.39 is 17.8 Å². The van der Waals surface area contributed by atoms with Crippen LogP contribution in [0.1, 0.15) is 29.5 Å². The van der Waals surface area contributed by atoms with E-state index in [4.69, 9.17) is 9.57 Å². The number of hydrogen-bond acceptors (Lipinski definition) is 4. The lowest BCUT2D eigenvalue weighted by Crippen LogP contribution is -2.41. The van der Waals surface area contributed by atoms with E-state index in [1.165, 1.54) is 17.0 Å². The second-order valence-corrected chi connectivity index (χ2v) is 8.02. The molecule has 1 fully saturated rings. The SMILES string of the molecule is O=C(Oc1ccc(Cc2ccc(C(F)(F)F)cc2)cc1)N1CCC(COn2cccn2)CC1. The van der Waals surface area contributed by atoms with E-state index in [1.807, 2.05) is 0 Å². The minimum absolute atomic E-state index is 0.350. The highest BCUT2D eigenvalue weighted by Gasteiger charge is 2.30. The maximum absolute atomic E-state index is 12.7. The lowest BCUT2D eigenvalue weighted by atomic mass is 9.98. The van der Waals surface area contributed by atoms with E-state index in [9.17, 15) is 18.0 Å². The number of rotatable bonds is 6. The molecule has 9 heteroatoms. The first-order chi connectivity index (χ1) is 15.9. The van der Waals surface area contributed by atoms with Crippen LogP contribution >= 0.6 is 0 Å². The molecule has 0 radical (unpaired) electrons. The Morgan fingerprint density at radius 2 is 1.64 bits per heavy atom. The predicted molar refractivity (Wildman–Crippen MR) is 115 cm³/mol. The van der Waals surface area contributed by atoms with Gasteiger partial charge < -0.3 is 14.5 Å². The first-order valence-electron chi connectivity index (χ1n) is 10.7. The number of aromatic nitrogens is 2. The number of halogens is 3. The number of ether oxygens (including phenoxy) is 1. The quantitative estimate of drug-likeness (QED) is 0.530. The number of amides is 1. The Bertz CT molecular complexity index is 1030. The van der Waals surface area contributed by atoms with E-state index in [2.05, 4.69) is 5.10 Å². The van der Waals surface area contributed by atoms with E-state index >= 15 is 0 Å². The number of carbonyl (C=O) groups excluding carboxylic acids is 1. The van der Waals surface area contributed by atoms with Crippen LogP contribution in [0, 0.1) is 5.92 Å². The predicted octanol–water partition coefficient (Wildman–Crippen LogP) is 4.83. The zero-order chi connectivity index (χ0) is 23.3. The summed E-state index contributed by atoms with van der Waals surface area (Å²) in [5, 5.41) is 4.00. The third-order valence-corrected chi connectivity index (χ3v) is 5.61. The van der Waals surface area contributed by atoms with Crippen LogP contribution in [0.3, 0.4) is 0 Å². The van der Waals surface area contributed by atoms with Gasteiger partial charge in [-0.25, -0.2) is 4.79 Å². The highest BCUT2D eigenvalue weighted by Crippen LogP contribution is 2.29. The van der Waals surface area contributed by atoms with Crippen molar-refractivity contribution in [1.82, 2.24) is 14.8 Å². The van der Waals surface area contributed by atoms with Gasteiger partial charge in [0, 0.05) is 13.1 Å². The Morgan fingerprint density at radius 3 is 2.21 bits per heavy atom. The molecule has 3 aromatic rings. The Morgan fingerprint density at radius 1 is 1.00 bits per heavy atom. The van der Waals surface area contributed by atoms with Gasteiger partial charge in [-0.05, 0) is 66.6 Å². The molecule has 0 atom stereocenters. The van der Waals surface area contributed by atoms with E-state index in [0.717, 1.165) is 36.1 Å². The second kappa shape index (κ2) is 9.97. The van der Waals surface area contributed by atoms with Crippen LogP contribution < -0.4 is 9.57 Å². The van der Waals surface area contributed by atoms with Crippen molar-refractivity contribution >= 4 is 6.09 Å². The molecule has 4 rings (SSSR count). The van der Waals surface area contributed by atoms with Crippen LogP contribution in [-0.4, -0.2) is 40.6 Å². The molecule has 1 aromatic heterocycles. The third kappa shape index (κ3) is 6.27. The number of hydrogen-bond donors (Lipinski definition) is 0. The summed E-state index contributed by atoms with van der Waals surface area (Å²) in [4.78, 5) is 21.2.